The summed E-state index contributed by atoms with van der Waals surface area (Å²) in [6.07, 6.45) is 3.28. The number of methoxy groups -OCH3 is 3. The Kier molecular flexibility index (Phi) is 6.26. The number of nitrogens with one attached hydrogen (secondary N) is 1. The third-order valence-electron chi connectivity index (χ3n) is 5.22. The molecule has 31 heavy (non-hydrogen) atoms. The van der Waals surface area contributed by atoms with Crippen LogP contribution >= 0.6 is 11.3 Å². The van der Waals surface area contributed by atoms with Gasteiger partial charge in [0.15, 0.2) is 22.3 Å². The molecule has 0 unspecified atom stereocenters. The van der Waals surface area contributed by atoms with E-state index in [1.54, 1.807) is 56.0 Å². The van der Waals surface area contributed by atoms with Crippen molar-refractivity contribution in [2.45, 2.75) is 18.8 Å². The molecule has 1 saturated heterocycles. The average molecular weight is 445 g/mol. The van der Waals surface area contributed by atoms with Gasteiger partial charge < -0.3 is 28.8 Å². The number of carbonyl (C=O) groups is 1. The van der Waals surface area contributed by atoms with Gasteiger partial charge in [0.2, 0.25) is 5.75 Å². The third kappa shape index (κ3) is 4.43. The highest BCUT2D eigenvalue weighted by molar-refractivity contribution is 7.14. The molecule has 0 spiro atoms. The topological polar surface area (TPSA) is 99.0 Å². The van der Waals surface area contributed by atoms with Gasteiger partial charge in [-0.25, -0.2) is 4.79 Å². The van der Waals surface area contributed by atoms with Gasteiger partial charge in [0.25, 0.3) is 0 Å². The van der Waals surface area contributed by atoms with Gasteiger partial charge in [-0.15, -0.1) is 10.2 Å². The summed E-state index contributed by atoms with van der Waals surface area (Å²) in [5.41, 5.74) is 0.578. The summed E-state index contributed by atoms with van der Waals surface area (Å²) in [6.45, 7) is 1.27. The Morgan fingerprint density at radius 2 is 1.84 bits per heavy atom. The number of aromatic nitrogens is 2. The van der Waals surface area contributed by atoms with Gasteiger partial charge in [0.1, 0.15) is 5.01 Å². The predicted molar refractivity (Wildman–Crippen MR) is 116 cm³/mol. The molecule has 4 rings (SSSR count). The highest BCUT2D eigenvalue weighted by Gasteiger charge is 2.27. The Morgan fingerprint density at radius 1 is 1.13 bits per heavy atom. The number of ether oxygens (including phenoxy) is 3. The van der Waals surface area contributed by atoms with Crippen LogP contribution in [0.3, 0.4) is 0 Å². The second kappa shape index (κ2) is 9.25. The molecule has 3 aromatic rings. The Hall–Kier alpha value is -3.27. The summed E-state index contributed by atoms with van der Waals surface area (Å²) in [7, 11) is 4.62. The van der Waals surface area contributed by atoms with Crippen LogP contribution in [0.2, 0.25) is 0 Å². The molecule has 1 N–H and O–H groups in total. The lowest BCUT2D eigenvalue weighted by molar-refractivity contribution is 0.194. The summed E-state index contributed by atoms with van der Waals surface area (Å²) in [6, 6.07) is 6.97. The van der Waals surface area contributed by atoms with Crippen LogP contribution in [0.1, 0.15) is 23.8 Å². The number of piperidine rings is 1. The van der Waals surface area contributed by atoms with E-state index in [-0.39, 0.29) is 11.9 Å². The first-order valence-corrected chi connectivity index (χ1v) is 10.7. The van der Waals surface area contributed by atoms with E-state index >= 15 is 0 Å². The zero-order valence-electron chi connectivity index (χ0n) is 17.6. The van der Waals surface area contributed by atoms with Crippen molar-refractivity contribution >= 4 is 23.1 Å². The first-order chi connectivity index (χ1) is 15.1. The zero-order chi connectivity index (χ0) is 21.8. The fraction of sp³-hybridized carbons (Fsp3) is 0.381. The van der Waals surface area contributed by atoms with Crippen molar-refractivity contribution in [1.29, 1.82) is 0 Å². The van der Waals surface area contributed by atoms with Crippen molar-refractivity contribution < 1.29 is 23.4 Å². The van der Waals surface area contributed by atoms with Crippen LogP contribution < -0.4 is 19.5 Å². The second-order valence-electron chi connectivity index (χ2n) is 7.03. The molecule has 1 aromatic carbocycles. The molecule has 0 radical (unpaired) electrons. The minimum atomic E-state index is -0.165. The van der Waals surface area contributed by atoms with Gasteiger partial charge in [-0.3, -0.25) is 0 Å². The van der Waals surface area contributed by atoms with Crippen LogP contribution in [0, 0.1) is 0 Å². The average Bonchev–Trinajstić information content (AvgIpc) is 3.50. The van der Waals surface area contributed by atoms with Crippen LogP contribution in [0.4, 0.5) is 10.5 Å². The van der Waals surface area contributed by atoms with E-state index in [1.165, 1.54) is 0 Å². The molecule has 0 aliphatic carbocycles. The number of hydrogen-bond donors (Lipinski definition) is 1. The number of likely N-dealkylation sites (tertiary alicyclic amines) is 1. The van der Waals surface area contributed by atoms with Crippen LogP contribution in [-0.2, 0) is 0 Å². The molecule has 10 heteroatoms. The van der Waals surface area contributed by atoms with Gasteiger partial charge in [-0.1, -0.05) is 11.3 Å². The van der Waals surface area contributed by atoms with Crippen LogP contribution in [0.25, 0.3) is 10.8 Å². The van der Waals surface area contributed by atoms with Gasteiger partial charge in [0.05, 0.1) is 33.3 Å². The van der Waals surface area contributed by atoms with Crippen molar-refractivity contribution in [2.24, 2.45) is 0 Å². The number of carbonyl (C=O) groups excluding carboxylic acids is 1. The van der Waals surface area contributed by atoms with Gasteiger partial charge in [0, 0.05) is 31.1 Å². The molecule has 164 valence electrons. The largest absolute Gasteiger partial charge is 0.493 e. The Morgan fingerprint density at radius 3 is 2.42 bits per heavy atom. The first kappa shape index (κ1) is 21.0. The smallest absolute Gasteiger partial charge is 0.321 e. The van der Waals surface area contributed by atoms with E-state index < -0.39 is 0 Å². The number of rotatable bonds is 6. The lowest BCUT2D eigenvalue weighted by atomic mass is 9.98. The number of furan rings is 1. The number of hydrogen-bond acceptors (Lipinski definition) is 8. The van der Waals surface area contributed by atoms with E-state index in [0.717, 1.165) is 28.6 Å². The van der Waals surface area contributed by atoms with E-state index in [0.29, 0.717) is 36.0 Å². The number of nitrogens with zero attached hydrogens (tertiary/aromatic N) is 3. The van der Waals surface area contributed by atoms with Crippen molar-refractivity contribution in [1.82, 2.24) is 15.1 Å². The minimum absolute atomic E-state index is 0.165. The Balaban J connectivity index is 1.38. The lowest BCUT2D eigenvalue weighted by Crippen LogP contribution is -2.40. The molecule has 2 aromatic heterocycles. The number of anilines is 1. The molecule has 9 nitrogen and oxygen atoms in total. The monoisotopic (exact) mass is 444 g/mol. The highest BCUT2D eigenvalue weighted by Crippen LogP contribution is 2.40. The predicted octanol–water partition coefficient (Wildman–Crippen LogP) is 4.24. The van der Waals surface area contributed by atoms with E-state index in [9.17, 15) is 4.79 Å². The normalized spacial score (nSPS) is 14.4. The summed E-state index contributed by atoms with van der Waals surface area (Å²) in [4.78, 5) is 14.6. The van der Waals surface area contributed by atoms with Gasteiger partial charge in [-0.05, 0) is 25.0 Å². The summed E-state index contributed by atoms with van der Waals surface area (Å²) < 4.78 is 21.4. The number of urea groups is 1. The van der Waals surface area contributed by atoms with E-state index in [4.69, 9.17) is 18.6 Å². The first-order valence-electron chi connectivity index (χ1n) is 9.86. The molecular formula is C21H24N4O5S. The lowest BCUT2D eigenvalue weighted by Gasteiger charge is -2.31. The third-order valence-corrected chi connectivity index (χ3v) is 6.32. The quantitative estimate of drug-likeness (QED) is 0.607. The molecule has 1 fully saturated rings. The van der Waals surface area contributed by atoms with Crippen LogP contribution in [0.5, 0.6) is 17.2 Å². The summed E-state index contributed by atoms with van der Waals surface area (Å²) >= 11 is 1.55. The highest BCUT2D eigenvalue weighted by atomic mass is 32.1. The molecule has 3 heterocycles. The Labute approximate surface area is 183 Å². The molecule has 2 amide bonds. The van der Waals surface area contributed by atoms with Crippen LogP contribution in [0.15, 0.2) is 34.9 Å². The fourth-order valence-corrected chi connectivity index (χ4v) is 4.57. The molecule has 1 aliphatic rings. The number of benzene rings is 1. The molecule has 1 aliphatic heterocycles. The maximum atomic E-state index is 12.8. The molecular weight excluding hydrogens is 420 g/mol. The van der Waals surface area contributed by atoms with Crippen molar-refractivity contribution in [3.05, 3.63) is 35.5 Å². The Bertz CT molecular complexity index is 1000. The molecule has 0 bridgehead atoms. The van der Waals surface area contributed by atoms with E-state index in [1.807, 2.05) is 12.1 Å². The van der Waals surface area contributed by atoms with Gasteiger partial charge >= 0.3 is 6.03 Å². The van der Waals surface area contributed by atoms with Crippen molar-refractivity contribution in [3.63, 3.8) is 0 Å². The second-order valence-corrected chi connectivity index (χ2v) is 8.04. The maximum Gasteiger partial charge on any atom is 0.321 e. The van der Waals surface area contributed by atoms with Crippen molar-refractivity contribution in [3.8, 4) is 28.0 Å². The fourth-order valence-electron chi connectivity index (χ4n) is 3.58. The molecule has 0 saturated carbocycles. The van der Waals surface area contributed by atoms with Gasteiger partial charge in [-0.2, -0.15) is 0 Å². The SMILES string of the molecule is COc1cc(NC(=O)N2CCC(c3nnc(-c4ccco4)s3)CC2)cc(OC)c1OC. The summed E-state index contributed by atoms with van der Waals surface area (Å²) in [5.74, 6) is 2.46. The molecule has 0 atom stereocenters. The van der Waals surface area contributed by atoms with Crippen LogP contribution in [-0.4, -0.2) is 55.5 Å². The summed E-state index contributed by atoms with van der Waals surface area (Å²) in [5, 5.41) is 13.3. The zero-order valence-corrected chi connectivity index (χ0v) is 18.4. The standard InChI is InChI=1S/C21H24N4O5S/c1-27-16-11-14(12-17(28-2)18(16)29-3)22-21(26)25-8-6-13(7-9-25)19-23-24-20(31-19)15-5-4-10-30-15/h4-5,10-13H,6-9H2,1-3H3,(H,22,26). The van der Waals surface area contributed by atoms with Crippen molar-refractivity contribution in [2.75, 3.05) is 39.7 Å². The van der Waals surface area contributed by atoms with E-state index in [2.05, 4.69) is 15.5 Å². The maximum absolute atomic E-state index is 12.8. The number of amides is 2. The minimum Gasteiger partial charge on any atom is -0.493 e.